The number of carbonyl (C=O) groups excluding carboxylic acids is 1. The van der Waals surface area contributed by atoms with Crippen molar-refractivity contribution < 1.29 is 23.1 Å². The summed E-state index contributed by atoms with van der Waals surface area (Å²) >= 11 is 0. The highest BCUT2D eigenvalue weighted by Crippen LogP contribution is 2.32. The monoisotopic (exact) mass is 431 g/mol. The molecule has 0 atom stereocenters. The molecule has 162 valence electrons. The Kier molecular flexibility index (Phi) is 5.64. The normalized spacial score (nSPS) is 15.7. The van der Waals surface area contributed by atoms with Gasteiger partial charge in [-0.05, 0) is 43.2 Å². The van der Waals surface area contributed by atoms with Crippen LogP contribution in [0.3, 0.4) is 0 Å². The quantitative estimate of drug-likeness (QED) is 0.549. The lowest BCUT2D eigenvalue weighted by molar-refractivity contribution is -0.141. The van der Waals surface area contributed by atoms with Crippen molar-refractivity contribution in [2.45, 2.75) is 25.1 Å². The van der Waals surface area contributed by atoms with Gasteiger partial charge in [0, 0.05) is 36.3 Å². The third-order valence-electron chi connectivity index (χ3n) is 5.04. The molecule has 7 nitrogen and oxygen atoms in total. The van der Waals surface area contributed by atoms with E-state index in [1.165, 1.54) is 24.4 Å². The fourth-order valence-corrected chi connectivity index (χ4v) is 3.44. The first kappa shape index (κ1) is 20.9. The second kappa shape index (κ2) is 8.38. The molecule has 3 N–H and O–H groups in total. The zero-order chi connectivity index (χ0) is 22.0. The average Bonchev–Trinajstić information content (AvgIpc) is 3.20. The lowest BCUT2D eigenvalue weighted by atomic mass is 10.1. The van der Waals surface area contributed by atoms with Gasteiger partial charge in [0.25, 0.3) is 0 Å². The van der Waals surface area contributed by atoms with Crippen LogP contribution in [0, 0.1) is 0 Å². The number of aliphatic hydroxyl groups excluding tert-OH is 1. The molecule has 10 heteroatoms. The molecule has 3 aromatic rings. The molecule has 4 heterocycles. The largest absolute Gasteiger partial charge is 0.433 e. The number of alkyl halides is 3. The summed E-state index contributed by atoms with van der Waals surface area (Å²) in [5.41, 5.74) is 0.582. The zero-order valence-electron chi connectivity index (χ0n) is 16.4. The summed E-state index contributed by atoms with van der Waals surface area (Å²) in [7, 11) is 0. The fraction of sp³-hybridized carbons (Fsp3) is 0.286. The number of H-pyrrole nitrogens is 1. The van der Waals surface area contributed by atoms with Gasteiger partial charge in [-0.3, -0.25) is 4.79 Å². The van der Waals surface area contributed by atoms with Crippen molar-refractivity contribution in [2.24, 2.45) is 0 Å². The molecule has 0 spiro atoms. The lowest BCUT2D eigenvalue weighted by Gasteiger charge is -2.31. The van der Waals surface area contributed by atoms with Crippen molar-refractivity contribution in [3.63, 3.8) is 0 Å². The Morgan fingerprint density at radius 2 is 2.03 bits per heavy atom. The number of hydrogen-bond acceptors (Lipinski definition) is 5. The molecule has 0 aliphatic carbocycles. The van der Waals surface area contributed by atoms with E-state index in [0.717, 1.165) is 11.5 Å². The van der Waals surface area contributed by atoms with Crippen LogP contribution >= 0.6 is 0 Å². The standard InChI is InChI=1S/C21H20F3N5O2/c22-21(23,24)17-3-1-13(20(28-17)29-9-6-16(30)7-10-29)2-4-18(31)27-15-11-14-5-8-25-19(14)26-12-15/h1-5,8,11-12,16,30H,6-7,9-10H2,(H,25,26)(H,27,31)/b4-2+. The number of aromatic nitrogens is 3. The highest BCUT2D eigenvalue weighted by molar-refractivity contribution is 6.03. The van der Waals surface area contributed by atoms with E-state index in [1.807, 2.05) is 6.07 Å². The Morgan fingerprint density at radius 1 is 1.26 bits per heavy atom. The van der Waals surface area contributed by atoms with Crippen LogP contribution in [0.1, 0.15) is 24.1 Å². The van der Waals surface area contributed by atoms with Crippen molar-refractivity contribution in [3.05, 3.63) is 54.0 Å². The first-order valence-corrected chi connectivity index (χ1v) is 9.73. The number of carbonyl (C=O) groups is 1. The number of halogens is 3. The maximum absolute atomic E-state index is 13.2. The number of piperidine rings is 1. The van der Waals surface area contributed by atoms with E-state index in [9.17, 15) is 23.1 Å². The lowest BCUT2D eigenvalue weighted by Crippen LogP contribution is -2.37. The molecule has 1 fully saturated rings. The van der Waals surface area contributed by atoms with Crippen LogP contribution in [0.4, 0.5) is 24.7 Å². The average molecular weight is 431 g/mol. The summed E-state index contributed by atoms with van der Waals surface area (Å²) in [5, 5.41) is 13.2. The maximum atomic E-state index is 13.2. The predicted molar refractivity (Wildman–Crippen MR) is 110 cm³/mol. The SMILES string of the molecule is O=C(/C=C/c1ccc(C(F)(F)F)nc1N1CCC(O)CC1)Nc1cnc2[nH]ccc2c1. The summed E-state index contributed by atoms with van der Waals surface area (Å²) in [6.07, 6.45) is 1.76. The van der Waals surface area contributed by atoms with Crippen LogP contribution in [-0.4, -0.2) is 45.2 Å². The van der Waals surface area contributed by atoms with Gasteiger partial charge in [0.05, 0.1) is 18.0 Å². The highest BCUT2D eigenvalue weighted by atomic mass is 19.4. The molecule has 1 saturated heterocycles. The number of anilines is 2. The number of aromatic amines is 1. The minimum absolute atomic E-state index is 0.140. The van der Waals surface area contributed by atoms with Crippen LogP contribution in [0.5, 0.6) is 0 Å². The van der Waals surface area contributed by atoms with Gasteiger partial charge in [0.15, 0.2) is 0 Å². The van der Waals surface area contributed by atoms with E-state index >= 15 is 0 Å². The molecule has 31 heavy (non-hydrogen) atoms. The number of nitrogens with zero attached hydrogens (tertiary/aromatic N) is 3. The van der Waals surface area contributed by atoms with E-state index < -0.39 is 23.9 Å². The number of hydrogen-bond donors (Lipinski definition) is 3. The van der Waals surface area contributed by atoms with E-state index in [1.54, 1.807) is 17.2 Å². The minimum Gasteiger partial charge on any atom is -0.393 e. The Labute approximate surface area is 175 Å². The van der Waals surface area contributed by atoms with Crippen molar-refractivity contribution in [2.75, 3.05) is 23.3 Å². The topological polar surface area (TPSA) is 94.1 Å². The van der Waals surface area contributed by atoms with Gasteiger partial charge in [-0.15, -0.1) is 0 Å². The van der Waals surface area contributed by atoms with Gasteiger partial charge in [-0.2, -0.15) is 13.2 Å². The van der Waals surface area contributed by atoms with Crippen LogP contribution in [0.2, 0.25) is 0 Å². The van der Waals surface area contributed by atoms with Gasteiger partial charge in [-0.25, -0.2) is 9.97 Å². The number of fused-ring (bicyclic) bond motifs is 1. The van der Waals surface area contributed by atoms with Crippen LogP contribution < -0.4 is 10.2 Å². The third-order valence-corrected chi connectivity index (χ3v) is 5.04. The Morgan fingerprint density at radius 3 is 2.77 bits per heavy atom. The molecule has 0 bridgehead atoms. The highest BCUT2D eigenvalue weighted by Gasteiger charge is 2.33. The second-order valence-corrected chi connectivity index (χ2v) is 7.29. The van der Waals surface area contributed by atoms with Crippen LogP contribution in [0.25, 0.3) is 17.1 Å². The van der Waals surface area contributed by atoms with Gasteiger partial charge >= 0.3 is 6.18 Å². The maximum Gasteiger partial charge on any atom is 0.433 e. The Balaban J connectivity index is 1.55. The molecule has 0 radical (unpaired) electrons. The molecule has 1 aliphatic rings. The Hall–Kier alpha value is -3.40. The van der Waals surface area contributed by atoms with Gasteiger partial charge in [-0.1, -0.05) is 0 Å². The minimum atomic E-state index is -4.58. The van der Waals surface area contributed by atoms with E-state index in [4.69, 9.17) is 0 Å². The third kappa shape index (κ3) is 4.85. The van der Waals surface area contributed by atoms with Gasteiger partial charge < -0.3 is 20.3 Å². The smallest absolute Gasteiger partial charge is 0.393 e. The van der Waals surface area contributed by atoms with Gasteiger partial charge in [0.2, 0.25) is 5.91 Å². The molecular formula is C21H20F3N5O2. The van der Waals surface area contributed by atoms with Gasteiger partial charge in [0.1, 0.15) is 17.2 Å². The van der Waals surface area contributed by atoms with E-state index in [0.29, 0.717) is 42.8 Å². The first-order chi connectivity index (χ1) is 14.8. The molecule has 0 aromatic carbocycles. The number of aliphatic hydroxyl groups is 1. The van der Waals surface area contributed by atoms with E-state index in [-0.39, 0.29) is 5.82 Å². The first-order valence-electron chi connectivity index (χ1n) is 9.73. The summed E-state index contributed by atoms with van der Waals surface area (Å²) in [4.78, 5) is 25.0. The van der Waals surface area contributed by atoms with Crippen LogP contribution in [0.15, 0.2) is 42.7 Å². The number of pyridine rings is 2. The molecule has 4 rings (SSSR count). The molecule has 1 aliphatic heterocycles. The van der Waals surface area contributed by atoms with Crippen molar-refractivity contribution in [3.8, 4) is 0 Å². The summed E-state index contributed by atoms with van der Waals surface area (Å²) in [6.45, 7) is 0.760. The summed E-state index contributed by atoms with van der Waals surface area (Å²) in [5.74, 6) is -0.308. The number of rotatable bonds is 4. The molecular weight excluding hydrogens is 411 g/mol. The fourth-order valence-electron chi connectivity index (χ4n) is 3.44. The molecule has 0 unspecified atom stereocenters. The number of nitrogens with one attached hydrogen (secondary N) is 2. The number of amides is 1. The molecule has 3 aromatic heterocycles. The Bertz CT molecular complexity index is 1120. The summed E-state index contributed by atoms with van der Waals surface area (Å²) < 4.78 is 39.5. The second-order valence-electron chi connectivity index (χ2n) is 7.29. The predicted octanol–water partition coefficient (Wildman–Crippen LogP) is 3.59. The van der Waals surface area contributed by atoms with Crippen LogP contribution in [-0.2, 0) is 11.0 Å². The van der Waals surface area contributed by atoms with E-state index in [2.05, 4.69) is 20.3 Å². The van der Waals surface area contributed by atoms with Crippen molar-refractivity contribution in [1.82, 2.24) is 15.0 Å². The zero-order valence-corrected chi connectivity index (χ0v) is 16.4. The molecule has 0 saturated carbocycles. The molecule has 1 amide bonds. The summed E-state index contributed by atoms with van der Waals surface area (Å²) in [6, 6.07) is 5.77. The van der Waals surface area contributed by atoms with Crippen molar-refractivity contribution in [1.29, 1.82) is 0 Å². The van der Waals surface area contributed by atoms with Crippen molar-refractivity contribution >= 4 is 34.5 Å².